The number of hydrogen-bond acceptors (Lipinski definition) is 1. The highest BCUT2D eigenvalue weighted by atomic mass is 35.5. The van der Waals surface area contributed by atoms with Gasteiger partial charge in [-0.1, -0.05) is 12.1 Å². The first kappa shape index (κ1) is 11.1. The number of hydrogen-bond donors (Lipinski definition) is 0. The van der Waals surface area contributed by atoms with Gasteiger partial charge in [0.25, 0.3) is 0 Å². The molecule has 2 nitrogen and oxygen atoms in total. The Kier molecular flexibility index (Phi) is 3.53. The highest BCUT2D eigenvalue weighted by molar-refractivity contribution is 6.29. The minimum absolute atomic E-state index is 0.0177. The van der Waals surface area contributed by atoms with Crippen LogP contribution >= 0.6 is 11.6 Å². The first-order valence-electron chi connectivity index (χ1n) is 4.46. The average molecular weight is 212 g/mol. The zero-order valence-electron chi connectivity index (χ0n) is 8.67. The third kappa shape index (κ3) is 2.26. The number of benzene rings is 1. The van der Waals surface area contributed by atoms with Crippen molar-refractivity contribution in [3.8, 4) is 0 Å². The van der Waals surface area contributed by atoms with Crippen molar-refractivity contribution in [2.75, 3.05) is 17.8 Å². The molecule has 1 rings (SSSR count). The monoisotopic (exact) mass is 211 g/mol. The van der Waals surface area contributed by atoms with Crippen molar-refractivity contribution in [3.05, 3.63) is 29.3 Å². The molecule has 0 fully saturated rings. The van der Waals surface area contributed by atoms with E-state index >= 15 is 0 Å². The summed E-state index contributed by atoms with van der Waals surface area (Å²) in [5, 5.41) is 0. The average Bonchev–Trinajstić information content (AvgIpc) is 2.19. The van der Waals surface area contributed by atoms with E-state index < -0.39 is 0 Å². The van der Waals surface area contributed by atoms with E-state index in [9.17, 15) is 4.79 Å². The van der Waals surface area contributed by atoms with Crippen LogP contribution < -0.4 is 4.90 Å². The first-order valence-corrected chi connectivity index (χ1v) is 4.99. The Bertz CT molecular complexity index is 349. The van der Waals surface area contributed by atoms with Gasteiger partial charge in [0.15, 0.2) is 0 Å². The van der Waals surface area contributed by atoms with Gasteiger partial charge in [-0.25, -0.2) is 0 Å². The molecule has 1 aromatic carbocycles. The summed E-state index contributed by atoms with van der Waals surface area (Å²) in [5.74, 6) is -0.0653. The van der Waals surface area contributed by atoms with Gasteiger partial charge in [0, 0.05) is 12.7 Å². The molecule has 0 aliphatic heterocycles. The SMILES string of the molecule is Cc1ccc(C)c(N(C)C(=O)CCl)c1. The Morgan fingerprint density at radius 1 is 1.43 bits per heavy atom. The van der Waals surface area contributed by atoms with Crippen molar-refractivity contribution >= 4 is 23.2 Å². The van der Waals surface area contributed by atoms with Gasteiger partial charge < -0.3 is 4.90 Å². The number of carbonyl (C=O) groups excluding carboxylic acids is 1. The van der Waals surface area contributed by atoms with E-state index in [1.807, 2.05) is 32.0 Å². The molecule has 0 saturated carbocycles. The van der Waals surface area contributed by atoms with Crippen molar-refractivity contribution in [1.82, 2.24) is 0 Å². The lowest BCUT2D eigenvalue weighted by molar-refractivity contribution is -0.116. The second-order valence-electron chi connectivity index (χ2n) is 3.38. The molecular formula is C11H14ClNO. The summed E-state index contributed by atoms with van der Waals surface area (Å²) in [6.07, 6.45) is 0. The fourth-order valence-corrected chi connectivity index (χ4v) is 1.48. The summed E-state index contributed by atoms with van der Waals surface area (Å²) in [6, 6.07) is 6.01. The van der Waals surface area contributed by atoms with E-state index in [1.54, 1.807) is 11.9 Å². The molecule has 14 heavy (non-hydrogen) atoms. The maximum Gasteiger partial charge on any atom is 0.241 e. The van der Waals surface area contributed by atoms with Crippen molar-refractivity contribution in [1.29, 1.82) is 0 Å². The van der Waals surface area contributed by atoms with Gasteiger partial charge in [0.2, 0.25) is 5.91 Å². The second-order valence-corrected chi connectivity index (χ2v) is 3.64. The standard InChI is InChI=1S/C11H14ClNO/c1-8-4-5-9(2)10(6-8)13(3)11(14)7-12/h4-6H,7H2,1-3H3. The van der Waals surface area contributed by atoms with Crippen molar-refractivity contribution < 1.29 is 4.79 Å². The third-order valence-corrected chi connectivity index (χ3v) is 2.44. The van der Waals surface area contributed by atoms with Gasteiger partial charge >= 0.3 is 0 Å². The molecule has 3 heteroatoms. The van der Waals surface area contributed by atoms with Crippen LogP contribution in [0.3, 0.4) is 0 Å². The van der Waals surface area contributed by atoms with Crippen molar-refractivity contribution in [2.24, 2.45) is 0 Å². The molecule has 0 atom stereocenters. The molecule has 0 radical (unpaired) electrons. The molecule has 1 aromatic rings. The maximum atomic E-state index is 11.4. The largest absolute Gasteiger partial charge is 0.314 e. The van der Waals surface area contributed by atoms with Crippen LogP contribution in [0.1, 0.15) is 11.1 Å². The number of carbonyl (C=O) groups is 1. The van der Waals surface area contributed by atoms with E-state index in [0.29, 0.717) is 0 Å². The van der Waals surface area contributed by atoms with Gasteiger partial charge in [-0.2, -0.15) is 0 Å². The Hall–Kier alpha value is -1.02. The minimum Gasteiger partial charge on any atom is -0.314 e. The fraction of sp³-hybridized carbons (Fsp3) is 0.364. The number of alkyl halides is 1. The summed E-state index contributed by atoms with van der Waals surface area (Å²) in [7, 11) is 1.74. The Morgan fingerprint density at radius 2 is 2.07 bits per heavy atom. The molecule has 0 bridgehead atoms. The molecule has 0 N–H and O–H groups in total. The Morgan fingerprint density at radius 3 is 2.64 bits per heavy atom. The van der Waals surface area contributed by atoms with Crippen LogP contribution in [0, 0.1) is 13.8 Å². The highest BCUT2D eigenvalue weighted by Crippen LogP contribution is 2.20. The molecule has 76 valence electrons. The van der Waals surface area contributed by atoms with Crippen LogP contribution in [0.15, 0.2) is 18.2 Å². The number of amides is 1. The van der Waals surface area contributed by atoms with Gasteiger partial charge in [0.1, 0.15) is 5.88 Å². The van der Waals surface area contributed by atoms with Crippen molar-refractivity contribution in [2.45, 2.75) is 13.8 Å². The first-order chi connectivity index (χ1) is 6.56. The molecule has 0 aliphatic rings. The normalized spacial score (nSPS) is 10.0. The van der Waals surface area contributed by atoms with Crippen LogP contribution in [0.5, 0.6) is 0 Å². The molecule has 0 unspecified atom stereocenters. The van der Waals surface area contributed by atoms with Gasteiger partial charge in [0.05, 0.1) is 0 Å². The quantitative estimate of drug-likeness (QED) is 0.689. The van der Waals surface area contributed by atoms with E-state index in [-0.39, 0.29) is 11.8 Å². The number of rotatable bonds is 2. The predicted molar refractivity (Wildman–Crippen MR) is 60.0 cm³/mol. The Labute approximate surface area is 89.5 Å². The van der Waals surface area contributed by atoms with Gasteiger partial charge in [-0.3, -0.25) is 4.79 Å². The number of halogens is 1. The molecule has 0 saturated heterocycles. The lowest BCUT2D eigenvalue weighted by atomic mass is 10.1. The number of anilines is 1. The summed E-state index contributed by atoms with van der Waals surface area (Å²) in [6.45, 7) is 3.98. The van der Waals surface area contributed by atoms with Crippen LogP contribution in [-0.2, 0) is 4.79 Å². The molecule has 0 aromatic heterocycles. The molecule has 0 aliphatic carbocycles. The van der Waals surface area contributed by atoms with Gasteiger partial charge in [-0.15, -0.1) is 11.6 Å². The Balaban J connectivity index is 3.05. The molecule has 0 heterocycles. The van der Waals surface area contributed by atoms with Crippen molar-refractivity contribution in [3.63, 3.8) is 0 Å². The minimum atomic E-state index is -0.0830. The molecular weight excluding hydrogens is 198 g/mol. The lowest BCUT2D eigenvalue weighted by Crippen LogP contribution is -2.27. The zero-order chi connectivity index (χ0) is 10.7. The molecule has 1 amide bonds. The van der Waals surface area contributed by atoms with E-state index in [4.69, 9.17) is 11.6 Å². The lowest BCUT2D eigenvalue weighted by Gasteiger charge is -2.18. The van der Waals surface area contributed by atoms with E-state index in [1.165, 1.54) is 0 Å². The summed E-state index contributed by atoms with van der Waals surface area (Å²) < 4.78 is 0. The van der Waals surface area contributed by atoms with E-state index in [0.717, 1.165) is 16.8 Å². The third-order valence-electron chi connectivity index (χ3n) is 2.21. The van der Waals surface area contributed by atoms with Crippen LogP contribution in [0.4, 0.5) is 5.69 Å². The van der Waals surface area contributed by atoms with Gasteiger partial charge in [-0.05, 0) is 31.0 Å². The highest BCUT2D eigenvalue weighted by Gasteiger charge is 2.11. The maximum absolute atomic E-state index is 11.4. The summed E-state index contributed by atoms with van der Waals surface area (Å²) in [5.41, 5.74) is 3.15. The number of nitrogens with zero attached hydrogens (tertiary/aromatic N) is 1. The zero-order valence-corrected chi connectivity index (χ0v) is 9.43. The fourth-order valence-electron chi connectivity index (χ4n) is 1.30. The number of aryl methyl sites for hydroxylation is 2. The molecule has 0 spiro atoms. The summed E-state index contributed by atoms with van der Waals surface area (Å²) >= 11 is 5.50. The van der Waals surface area contributed by atoms with E-state index in [2.05, 4.69) is 0 Å². The summed E-state index contributed by atoms with van der Waals surface area (Å²) in [4.78, 5) is 13.0. The topological polar surface area (TPSA) is 20.3 Å². The van der Waals surface area contributed by atoms with Crippen LogP contribution in [-0.4, -0.2) is 18.8 Å². The smallest absolute Gasteiger partial charge is 0.241 e. The predicted octanol–water partition coefficient (Wildman–Crippen LogP) is 2.51. The van der Waals surface area contributed by atoms with Crippen LogP contribution in [0.2, 0.25) is 0 Å². The second kappa shape index (κ2) is 4.47. The van der Waals surface area contributed by atoms with Crippen LogP contribution in [0.25, 0.3) is 0 Å².